The molecule has 2 rings (SSSR count). The van der Waals surface area contributed by atoms with Gasteiger partial charge in [0, 0.05) is 13.2 Å². The average molecular weight is 257 g/mol. The van der Waals surface area contributed by atoms with Gasteiger partial charge in [0.25, 0.3) is 0 Å². The van der Waals surface area contributed by atoms with E-state index in [0.717, 1.165) is 17.8 Å². The van der Waals surface area contributed by atoms with E-state index in [1.165, 1.54) is 5.56 Å². The standard InChI is InChI=1S/C16H23N3/c1-12(2)10-15(14-8-6-5-7-9-14)17-16-11-19(4)18-13(16)3/h5-9,11-12,15,17H,10H2,1-4H3. The van der Waals surface area contributed by atoms with Crippen LogP contribution in [0.4, 0.5) is 5.69 Å². The van der Waals surface area contributed by atoms with E-state index in [4.69, 9.17) is 0 Å². The van der Waals surface area contributed by atoms with E-state index >= 15 is 0 Å². The third-order valence-electron chi connectivity index (χ3n) is 3.25. The summed E-state index contributed by atoms with van der Waals surface area (Å²) in [7, 11) is 1.96. The van der Waals surface area contributed by atoms with Crippen molar-refractivity contribution in [3.63, 3.8) is 0 Å². The second kappa shape index (κ2) is 5.91. The molecule has 0 aliphatic heterocycles. The number of nitrogens with zero attached hydrogens (tertiary/aromatic N) is 2. The molecule has 2 aromatic rings. The van der Waals surface area contributed by atoms with E-state index in [-0.39, 0.29) is 0 Å². The molecule has 0 spiro atoms. The summed E-state index contributed by atoms with van der Waals surface area (Å²) in [4.78, 5) is 0. The minimum Gasteiger partial charge on any atom is -0.375 e. The van der Waals surface area contributed by atoms with Gasteiger partial charge in [-0.3, -0.25) is 4.68 Å². The van der Waals surface area contributed by atoms with Crippen LogP contribution in [-0.2, 0) is 7.05 Å². The van der Waals surface area contributed by atoms with Crippen molar-refractivity contribution in [2.45, 2.75) is 33.2 Å². The molecule has 0 saturated carbocycles. The summed E-state index contributed by atoms with van der Waals surface area (Å²) >= 11 is 0. The highest BCUT2D eigenvalue weighted by Crippen LogP contribution is 2.26. The molecule has 1 unspecified atom stereocenters. The maximum Gasteiger partial charge on any atom is 0.0825 e. The van der Waals surface area contributed by atoms with Crippen molar-refractivity contribution < 1.29 is 0 Å². The smallest absolute Gasteiger partial charge is 0.0825 e. The highest BCUT2D eigenvalue weighted by atomic mass is 15.3. The molecule has 19 heavy (non-hydrogen) atoms. The summed E-state index contributed by atoms with van der Waals surface area (Å²) < 4.78 is 1.86. The highest BCUT2D eigenvalue weighted by molar-refractivity contribution is 5.47. The monoisotopic (exact) mass is 257 g/mol. The summed E-state index contributed by atoms with van der Waals surface area (Å²) in [5, 5.41) is 8.02. The molecular formula is C16H23N3. The van der Waals surface area contributed by atoms with Crippen molar-refractivity contribution in [1.82, 2.24) is 9.78 Å². The molecule has 1 heterocycles. The molecule has 102 valence electrons. The number of hydrogen-bond donors (Lipinski definition) is 1. The first-order valence-electron chi connectivity index (χ1n) is 6.88. The van der Waals surface area contributed by atoms with Crippen LogP contribution in [0, 0.1) is 12.8 Å². The third-order valence-corrected chi connectivity index (χ3v) is 3.25. The van der Waals surface area contributed by atoms with E-state index in [1.54, 1.807) is 0 Å². The molecular weight excluding hydrogens is 234 g/mol. The molecule has 3 heteroatoms. The Bertz CT molecular complexity index is 514. The van der Waals surface area contributed by atoms with Crippen molar-refractivity contribution >= 4 is 5.69 Å². The molecule has 1 aromatic carbocycles. The molecule has 0 radical (unpaired) electrons. The van der Waals surface area contributed by atoms with Crippen LogP contribution in [0.5, 0.6) is 0 Å². The number of hydrogen-bond acceptors (Lipinski definition) is 2. The number of aryl methyl sites for hydroxylation is 2. The van der Waals surface area contributed by atoms with Gasteiger partial charge >= 0.3 is 0 Å². The fourth-order valence-corrected chi connectivity index (χ4v) is 2.36. The quantitative estimate of drug-likeness (QED) is 0.879. The van der Waals surface area contributed by atoms with Crippen LogP contribution in [-0.4, -0.2) is 9.78 Å². The first-order chi connectivity index (χ1) is 9.06. The Morgan fingerprint density at radius 3 is 2.42 bits per heavy atom. The van der Waals surface area contributed by atoms with E-state index in [2.05, 4.69) is 54.6 Å². The summed E-state index contributed by atoms with van der Waals surface area (Å²) in [5.41, 5.74) is 3.50. The van der Waals surface area contributed by atoms with Gasteiger partial charge in [0.2, 0.25) is 0 Å². The molecule has 0 saturated heterocycles. The Balaban J connectivity index is 2.21. The maximum atomic E-state index is 4.39. The zero-order chi connectivity index (χ0) is 13.8. The van der Waals surface area contributed by atoms with Crippen molar-refractivity contribution in [3.8, 4) is 0 Å². The SMILES string of the molecule is Cc1nn(C)cc1NC(CC(C)C)c1ccccc1. The van der Waals surface area contributed by atoms with E-state index in [0.29, 0.717) is 12.0 Å². The molecule has 3 nitrogen and oxygen atoms in total. The summed E-state index contributed by atoms with van der Waals surface area (Å²) in [5.74, 6) is 0.648. The van der Waals surface area contributed by atoms with Crippen LogP contribution in [0.3, 0.4) is 0 Å². The number of anilines is 1. The van der Waals surface area contributed by atoms with Crippen molar-refractivity contribution in [2.24, 2.45) is 13.0 Å². The fourth-order valence-electron chi connectivity index (χ4n) is 2.36. The van der Waals surface area contributed by atoms with Gasteiger partial charge in [-0.1, -0.05) is 44.2 Å². The maximum absolute atomic E-state index is 4.39. The highest BCUT2D eigenvalue weighted by Gasteiger charge is 2.15. The fraction of sp³-hybridized carbons (Fsp3) is 0.438. The predicted octanol–water partition coefficient (Wildman–Crippen LogP) is 3.93. The molecule has 0 bridgehead atoms. The Morgan fingerprint density at radius 1 is 1.21 bits per heavy atom. The lowest BCUT2D eigenvalue weighted by molar-refractivity contribution is 0.531. The van der Waals surface area contributed by atoms with Gasteiger partial charge in [0.05, 0.1) is 17.4 Å². The zero-order valence-corrected chi connectivity index (χ0v) is 12.2. The number of benzene rings is 1. The number of aromatic nitrogens is 2. The number of rotatable bonds is 5. The van der Waals surface area contributed by atoms with Crippen LogP contribution >= 0.6 is 0 Å². The van der Waals surface area contributed by atoms with E-state index < -0.39 is 0 Å². The van der Waals surface area contributed by atoms with Crippen LogP contribution in [0.2, 0.25) is 0 Å². The van der Waals surface area contributed by atoms with Gasteiger partial charge in [-0.25, -0.2) is 0 Å². The zero-order valence-electron chi connectivity index (χ0n) is 12.2. The summed E-state index contributed by atoms with van der Waals surface area (Å²) in [6, 6.07) is 11.0. The van der Waals surface area contributed by atoms with Crippen LogP contribution in [0.25, 0.3) is 0 Å². The molecule has 1 aromatic heterocycles. The van der Waals surface area contributed by atoms with Gasteiger partial charge in [-0.15, -0.1) is 0 Å². The Hall–Kier alpha value is -1.77. The lowest BCUT2D eigenvalue weighted by Crippen LogP contribution is -2.13. The largest absolute Gasteiger partial charge is 0.375 e. The molecule has 1 N–H and O–H groups in total. The van der Waals surface area contributed by atoms with E-state index in [1.807, 2.05) is 24.9 Å². The lowest BCUT2D eigenvalue weighted by Gasteiger charge is -2.21. The Labute approximate surface area is 115 Å². The van der Waals surface area contributed by atoms with Crippen molar-refractivity contribution in [3.05, 3.63) is 47.8 Å². The first kappa shape index (κ1) is 13.7. The molecule has 0 amide bonds. The molecule has 1 atom stereocenters. The lowest BCUT2D eigenvalue weighted by atomic mass is 9.97. The normalized spacial score (nSPS) is 12.7. The average Bonchev–Trinajstić information content (AvgIpc) is 2.67. The molecule has 0 aliphatic carbocycles. The van der Waals surface area contributed by atoms with Gasteiger partial charge in [-0.05, 0) is 24.8 Å². The summed E-state index contributed by atoms with van der Waals surface area (Å²) in [6.45, 7) is 6.56. The minimum absolute atomic E-state index is 0.337. The van der Waals surface area contributed by atoms with Gasteiger partial charge in [-0.2, -0.15) is 5.10 Å². The second-order valence-electron chi connectivity index (χ2n) is 5.54. The Kier molecular flexibility index (Phi) is 4.25. The third kappa shape index (κ3) is 3.60. The van der Waals surface area contributed by atoms with Crippen molar-refractivity contribution in [2.75, 3.05) is 5.32 Å². The predicted molar refractivity (Wildman–Crippen MR) is 80.2 cm³/mol. The van der Waals surface area contributed by atoms with Crippen LogP contribution in [0.15, 0.2) is 36.5 Å². The van der Waals surface area contributed by atoms with Gasteiger partial charge in [0.15, 0.2) is 0 Å². The van der Waals surface area contributed by atoms with Crippen molar-refractivity contribution in [1.29, 1.82) is 0 Å². The molecule has 0 aliphatic rings. The Morgan fingerprint density at radius 2 is 1.89 bits per heavy atom. The first-order valence-corrected chi connectivity index (χ1v) is 6.88. The number of nitrogens with one attached hydrogen (secondary N) is 1. The van der Waals surface area contributed by atoms with E-state index in [9.17, 15) is 0 Å². The van der Waals surface area contributed by atoms with Crippen LogP contribution < -0.4 is 5.32 Å². The van der Waals surface area contributed by atoms with Crippen LogP contribution in [0.1, 0.15) is 37.6 Å². The second-order valence-corrected chi connectivity index (χ2v) is 5.54. The van der Waals surface area contributed by atoms with Gasteiger partial charge in [0.1, 0.15) is 0 Å². The minimum atomic E-state index is 0.337. The van der Waals surface area contributed by atoms with Gasteiger partial charge < -0.3 is 5.32 Å². The molecule has 0 fully saturated rings. The topological polar surface area (TPSA) is 29.9 Å². The summed E-state index contributed by atoms with van der Waals surface area (Å²) in [6.07, 6.45) is 3.16.